The van der Waals surface area contributed by atoms with Crippen LogP contribution in [-0.2, 0) is 18.9 Å². The van der Waals surface area contributed by atoms with Crippen molar-refractivity contribution in [3.63, 3.8) is 0 Å². The zero-order valence-corrected chi connectivity index (χ0v) is 35.5. The highest BCUT2D eigenvalue weighted by molar-refractivity contribution is 5.12. The van der Waals surface area contributed by atoms with E-state index in [1.165, 1.54) is 83.5 Å². The van der Waals surface area contributed by atoms with Gasteiger partial charge in [-0.1, -0.05) is 41.5 Å². The van der Waals surface area contributed by atoms with Crippen LogP contribution >= 0.6 is 0 Å². The van der Waals surface area contributed by atoms with Crippen molar-refractivity contribution in [3.8, 4) is 0 Å². The molecule has 2 heterocycles. The van der Waals surface area contributed by atoms with Crippen LogP contribution in [0, 0.1) is 80.8 Å². The lowest BCUT2D eigenvalue weighted by atomic mass is 9.67. The van der Waals surface area contributed by atoms with Crippen molar-refractivity contribution in [1.82, 2.24) is 0 Å². The van der Waals surface area contributed by atoms with Crippen molar-refractivity contribution < 1.29 is 18.9 Å². The van der Waals surface area contributed by atoms with Crippen molar-refractivity contribution in [2.24, 2.45) is 80.8 Å². The fraction of sp³-hybridized carbons (Fsp3) is 1.00. The monoisotopic (exact) mass is 711 g/mol. The molecule has 10 fully saturated rings. The third-order valence-corrected chi connectivity index (χ3v) is 19.0. The molecule has 16 unspecified atom stereocenters. The van der Waals surface area contributed by atoms with Gasteiger partial charge in [0.2, 0.25) is 0 Å². The van der Waals surface area contributed by atoms with Gasteiger partial charge in [-0.2, -0.15) is 0 Å². The van der Waals surface area contributed by atoms with E-state index in [-0.39, 0.29) is 0 Å². The SMILES string of the molecule is CC(C)OC1CC2CCC1(C)C2(C)C.CC(C)OCC1CC2CCC1(C)C2(C)C.CC1CC2C3CCC(C3)C2O1.CC1OCC2C3CCC(C3)C12. The van der Waals surface area contributed by atoms with Crippen LogP contribution in [-0.4, -0.2) is 49.8 Å². The molecule has 8 aliphatic carbocycles. The molecule has 0 N–H and O–H groups in total. The van der Waals surface area contributed by atoms with Crippen molar-refractivity contribution in [3.05, 3.63) is 0 Å². The minimum atomic E-state index is 0.381. The first-order valence-corrected chi connectivity index (χ1v) is 22.5. The van der Waals surface area contributed by atoms with Gasteiger partial charge >= 0.3 is 0 Å². The van der Waals surface area contributed by atoms with Crippen LogP contribution in [0.2, 0.25) is 0 Å². The average Bonchev–Trinajstić information content (AvgIpc) is 3.93. The molecule has 0 amide bonds. The maximum atomic E-state index is 6.08. The molecule has 10 rings (SSSR count). The quantitative estimate of drug-likeness (QED) is 0.285. The van der Waals surface area contributed by atoms with E-state index >= 15 is 0 Å². The second-order valence-electron chi connectivity index (χ2n) is 22.2. The van der Waals surface area contributed by atoms with Crippen LogP contribution < -0.4 is 0 Å². The summed E-state index contributed by atoms with van der Waals surface area (Å²) in [4.78, 5) is 0. The molecule has 4 heteroatoms. The van der Waals surface area contributed by atoms with Crippen LogP contribution in [0.5, 0.6) is 0 Å². The molecule has 4 nitrogen and oxygen atoms in total. The van der Waals surface area contributed by atoms with Gasteiger partial charge in [-0.25, -0.2) is 0 Å². The van der Waals surface area contributed by atoms with Crippen LogP contribution in [0.25, 0.3) is 0 Å². The van der Waals surface area contributed by atoms with E-state index in [0.29, 0.717) is 58.3 Å². The molecule has 2 saturated heterocycles. The summed E-state index contributed by atoms with van der Waals surface area (Å²) < 4.78 is 23.5. The van der Waals surface area contributed by atoms with Crippen molar-refractivity contribution in [1.29, 1.82) is 0 Å². The van der Waals surface area contributed by atoms with E-state index in [0.717, 1.165) is 72.4 Å². The Morgan fingerprint density at radius 3 is 1.75 bits per heavy atom. The summed E-state index contributed by atoms with van der Waals surface area (Å²) in [5, 5.41) is 0. The zero-order chi connectivity index (χ0) is 36.7. The lowest BCUT2D eigenvalue weighted by Crippen LogP contribution is -2.38. The molecule has 16 atom stereocenters. The summed E-state index contributed by atoms with van der Waals surface area (Å²) in [6.07, 6.45) is 21.8. The minimum absolute atomic E-state index is 0.381. The van der Waals surface area contributed by atoms with Gasteiger partial charge in [0.1, 0.15) is 0 Å². The largest absolute Gasteiger partial charge is 0.378 e. The highest BCUT2D eigenvalue weighted by atomic mass is 16.5. The second-order valence-corrected chi connectivity index (χ2v) is 22.2. The summed E-state index contributed by atoms with van der Waals surface area (Å²) in [7, 11) is 0. The first-order valence-electron chi connectivity index (χ1n) is 22.5. The highest BCUT2D eigenvalue weighted by Crippen LogP contribution is 2.68. The number of rotatable bonds is 5. The van der Waals surface area contributed by atoms with Crippen molar-refractivity contribution in [2.75, 3.05) is 13.2 Å². The summed E-state index contributed by atoms with van der Waals surface area (Å²) in [6.45, 7) is 29.9. The second kappa shape index (κ2) is 14.4. The Morgan fingerprint density at radius 2 is 1.22 bits per heavy atom. The summed E-state index contributed by atoms with van der Waals surface area (Å²) in [5.74, 6) is 9.62. The van der Waals surface area contributed by atoms with Crippen LogP contribution in [0.3, 0.4) is 0 Å². The Kier molecular flexibility index (Phi) is 11.0. The van der Waals surface area contributed by atoms with Gasteiger partial charge in [-0.15, -0.1) is 0 Å². The third-order valence-electron chi connectivity index (χ3n) is 19.0. The summed E-state index contributed by atoms with van der Waals surface area (Å²) in [6, 6.07) is 0. The molecule has 8 saturated carbocycles. The first kappa shape index (κ1) is 39.1. The van der Waals surface area contributed by atoms with E-state index in [1.807, 2.05) is 0 Å². The molecule has 10 aliphatic rings. The standard InChI is InChI=1S/C14H26O.C13H24O.2C10H16O/c1-10(2)15-9-12-8-11-6-7-14(12,5)13(11,3)4;1-9(2)14-11-8-10-6-7-13(11,5)12(10,3)4;1-6-10-8-3-2-7(4-8)9(10)5-11-6;1-6-4-9-7-2-3-8(5-7)10(9)11-6/h10-12H,6-9H2,1-5H3;9-11H,6-8H2,1-5H3;2*6-10H,2-5H2,1H3. The Balaban J connectivity index is 0.000000107. The fourth-order valence-corrected chi connectivity index (χ4v) is 15.0. The van der Waals surface area contributed by atoms with Gasteiger partial charge in [0, 0.05) is 0 Å². The Bertz CT molecular complexity index is 1170. The number of fused-ring (bicyclic) bond motifs is 14. The Labute approximate surface area is 315 Å². The zero-order valence-electron chi connectivity index (χ0n) is 35.5. The fourth-order valence-electron chi connectivity index (χ4n) is 15.0. The molecular formula is C47H82O4. The molecule has 0 aromatic heterocycles. The van der Waals surface area contributed by atoms with Crippen molar-refractivity contribution >= 4 is 0 Å². The maximum Gasteiger partial charge on any atom is 0.0640 e. The predicted octanol–water partition coefficient (Wildman–Crippen LogP) is 11.8. The summed E-state index contributed by atoms with van der Waals surface area (Å²) >= 11 is 0. The van der Waals surface area contributed by atoms with Gasteiger partial charge in [0.05, 0.1) is 49.8 Å². The average molecular weight is 711 g/mol. The number of ether oxygens (including phenoxy) is 4. The number of hydrogen-bond donors (Lipinski definition) is 0. The summed E-state index contributed by atoms with van der Waals surface area (Å²) in [5.41, 5.74) is 2.00. The molecular weight excluding hydrogens is 629 g/mol. The molecule has 294 valence electrons. The molecule has 8 bridgehead atoms. The van der Waals surface area contributed by atoms with Gasteiger partial charge in [0.25, 0.3) is 0 Å². The van der Waals surface area contributed by atoms with Crippen LogP contribution in [0.15, 0.2) is 0 Å². The Hall–Kier alpha value is -0.160. The Morgan fingerprint density at radius 1 is 0.627 bits per heavy atom. The van der Waals surface area contributed by atoms with Gasteiger partial charge in [0.15, 0.2) is 0 Å². The lowest BCUT2D eigenvalue weighted by Gasteiger charge is -2.39. The van der Waals surface area contributed by atoms with E-state index in [2.05, 4.69) is 83.1 Å². The molecule has 0 aromatic rings. The van der Waals surface area contributed by atoms with E-state index in [1.54, 1.807) is 0 Å². The molecule has 0 aromatic carbocycles. The van der Waals surface area contributed by atoms with Crippen LogP contribution in [0.4, 0.5) is 0 Å². The van der Waals surface area contributed by atoms with E-state index < -0.39 is 0 Å². The smallest absolute Gasteiger partial charge is 0.0640 e. The molecule has 2 aliphatic heterocycles. The van der Waals surface area contributed by atoms with E-state index in [9.17, 15) is 0 Å². The third kappa shape index (κ3) is 6.77. The highest BCUT2D eigenvalue weighted by Gasteiger charge is 2.63. The van der Waals surface area contributed by atoms with Gasteiger partial charge in [-0.05, 0) is 206 Å². The topological polar surface area (TPSA) is 36.9 Å². The number of hydrogen-bond acceptors (Lipinski definition) is 4. The molecule has 0 radical (unpaired) electrons. The minimum Gasteiger partial charge on any atom is -0.378 e. The molecule has 0 spiro atoms. The lowest BCUT2D eigenvalue weighted by molar-refractivity contribution is -0.0740. The maximum absolute atomic E-state index is 6.08. The van der Waals surface area contributed by atoms with Crippen LogP contribution in [0.1, 0.15) is 167 Å². The van der Waals surface area contributed by atoms with Crippen molar-refractivity contribution in [2.45, 2.75) is 203 Å². The van der Waals surface area contributed by atoms with Gasteiger partial charge < -0.3 is 18.9 Å². The first-order chi connectivity index (χ1) is 24.0. The normalized spacial score (nSPS) is 50.9. The predicted molar refractivity (Wildman–Crippen MR) is 210 cm³/mol. The van der Waals surface area contributed by atoms with Gasteiger partial charge in [-0.3, -0.25) is 0 Å². The van der Waals surface area contributed by atoms with E-state index in [4.69, 9.17) is 18.9 Å². The molecule has 51 heavy (non-hydrogen) atoms.